The van der Waals surface area contributed by atoms with Gasteiger partial charge in [-0.05, 0) is 30.5 Å². The summed E-state index contributed by atoms with van der Waals surface area (Å²) in [6.45, 7) is 3.86. The van der Waals surface area contributed by atoms with Gasteiger partial charge < -0.3 is 0 Å². The Morgan fingerprint density at radius 2 is 1.64 bits per heavy atom. The van der Waals surface area contributed by atoms with E-state index in [1.807, 2.05) is 18.2 Å². The van der Waals surface area contributed by atoms with Crippen LogP contribution in [0, 0.1) is 0 Å². The number of nitrogens with zero attached hydrogens (tertiary/aromatic N) is 1. The van der Waals surface area contributed by atoms with E-state index in [1.165, 1.54) is 30.5 Å². The van der Waals surface area contributed by atoms with E-state index in [-0.39, 0.29) is 0 Å². The molecule has 2 aromatic rings. The molecule has 1 atom stereocenters. The van der Waals surface area contributed by atoms with E-state index >= 15 is 0 Å². The first-order valence-electron chi connectivity index (χ1n) is 8.08. The highest BCUT2D eigenvalue weighted by molar-refractivity contribution is 5.15. The lowest BCUT2D eigenvalue weighted by atomic mass is 10.1. The predicted octanol–water partition coefficient (Wildman–Crippen LogP) is 3.37. The molecule has 1 heterocycles. The van der Waals surface area contributed by atoms with Gasteiger partial charge in [-0.15, -0.1) is 0 Å². The fourth-order valence-corrected chi connectivity index (χ4v) is 2.95. The van der Waals surface area contributed by atoms with Crippen LogP contribution in [0.15, 0.2) is 60.7 Å². The Balaban J connectivity index is 1.42. The van der Waals surface area contributed by atoms with Crippen LogP contribution in [0.3, 0.4) is 0 Å². The number of piperidine rings is 1. The van der Waals surface area contributed by atoms with Crippen LogP contribution in [-0.2, 0) is 18.0 Å². The lowest BCUT2D eigenvalue weighted by Crippen LogP contribution is -2.45. The van der Waals surface area contributed by atoms with Gasteiger partial charge in [0.1, 0.15) is 0 Å². The average Bonchev–Trinajstić information content (AvgIpc) is 2.57. The van der Waals surface area contributed by atoms with Gasteiger partial charge in [0.05, 0.1) is 6.61 Å². The van der Waals surface area contributed by atoms with Gasteiger partial charge in [0.2, 0.25) is 0 Å². The lowest BCUT2D eigenvalue weighted by molar-refractivity contribution is -0.0158. The summed E-state index contributed by atoms with van der Waals surface area (Å²) in [6, 6.07) is 21.4. The summed E-state index contributed by atoms with van der Waals surface area (Å²) in [6.07, 6.45) is 2.40. The largest absolute Gasteiger partial charge is 0.297 e. The van der Waals surface area contributed by atoms with Crippen molar-refractivity contribution in [2.45, 2.75) is 32.0 Å². The van der Waals surface area contributed by atoms with E-state index < -0.39 is 0 Å². The Labute approximate surface area is 132 Å². The van der Waals surface area contributed by atoms with Crippen molar-refractivity contribution in [2.24, 2.45) is 0 Å². The fourth-order valence-electron chi connectivity index (χ4n) is 2.95. The van der Waals surface area contributed by atoms with Gasteiger partial charge in [-0.25, -0.2) is 0 Å². The minimum absolute atomic E-state index is 0.418. The number of hydroxylamine groups is 1. The van der Waals surface area contributed by atoms with Crippen LogP contribution in [0.25, 0.3) is 0 Å². The van der Waals surface area contributed by atoms with E-state index in [4.69, 9.17) is 4.84 Å². The third-order valence-corrected chi connectivity index (χ3v) is 4.09. The van der Waals surface area contributed by atoms with Crippen molar-refractivity contribution >= 4 is 0 Å². The summed E-state index contributed by atoms with van der Waals surface area (Å²) in [5, 5.41) is 0. The van der Waals surface area contributed by atoms with Crippen molar-refractivity contribution in [3.63, 3.8) is 0 Å². The molecular weight excluding hydrogens is 272 g/mol. The number of benzene rings is 2. The van der Waals surface area contributed by atoms with E-state index in [2.05, 4.69) is 52.8 Å². The Kier molecular flexibility index (Phi) is 5.59. The molecule has 0 bridgehead atoms. The molecule has 3 nitrogen and oxygen atoms in total. The van der Waals surface area contributed by atoms with Crippen LogP contribution in [0.5, 0.6) is 0 Å². The van der Waals surface area contributed by atoms with Crippen LogP contribution in [0.4, 0.5) is 0 Å². The second kappa shape index (κ2) is 8.08. The zero-order chi connectivity index (χ0) is 15.0. The fraction of sp³-hybridized carbons (Fsp3) is 0.368. The number of hydrogen-bond donors (Lipinski definition) is 1. The number of likely N-dealkylation sites (tertiary alicyclic amines) is 1. The van der Waals surface area contributed by atoms with Gasteiger partial charge in [0, 0.05) is 19.1 Å². The normalized spacial score (nSPS) is 19.2. The molecule has 0 saturated carbocycles. The molecule has 3 heteroatoms. The molecular formula is C19H24N2O. The Morgan fingerprint density at radius 1 is 0.955 bits per heavy atom. The van der Waals surface area contributed by atoms with Crippen molar-refractivity contribution < 1.29 is 4.84 Å². The summed E-state index contributed by atoms with van der Waals surface area (Å²) in [5.41, 5.74) is 5.83. The monoisotopic (exact) mass is 296 g/mol. The molecule has 0 spiro atoms. The highest BCUT2D eigenvalue weighted by Crippen LogP contribution is 2.14. The Bertz CT molecular complexity index is 544. The molecule has 116 valence electrons. The SMILES string of the molecule is c1ccc(CONC2CCCN(Cc3ccccc3)C2)cc1. The third-order valence-electron chi connectivity index (χ3n) is 4.09. The van der Waals surface area contributed by atoms with E-state index in [0.29, 0.717) is 12.6 Å². The molecule has 3 rings (SSSR count). The van der Waals surface area contributed by atoms with Crippen LogP contribution >= 0.6 is 0 Å². The van der Waals surface area contributed by atoms with Gasteiger partial charge in [-0.1, -0.05) is 60.7 Å². The maximum absolute atomic E-state index is 5.68. The van der Waals surface area contributed by atoms with E-state index in [0.717, 1.165) is 13.1 Å². The van der Waals surface area contributed by atoms with Crippen LogP contribution in [0.1, 0.15) is 24.0 Å². The molecule has 1 saturated heterocycles. The number of rotatable bonds is 6. The van der Waals surface area contributed by atoms with E-state index in [1.54, 1.807) is 0 Å². The van der Waals surface area contributed by atoms with Crippen LogP contribution in [0.2, 0.25) is 0 Å². The first-order chi connectivity index (χ1) is 10.9. The van der Waals surface area contributed by atoms with Crippen molar-refractivity contribution in [1.29, 1.82) is 0 Å². The average molecular weight is 296 g/mol. The summed E-state index contributed by atoms with van der Waals surface area (Å²) < 4.78 is 0. The molecule has 1 N–H and O–H groups in total. The molecule has 0 radical (unpaired) electrons. The highest BCUT2D eigenvalue weighted by Gasteiger charge is 2.19. The molecule has 2 aromatic carbocycles. The molecule has 1 aliphatic heterocycles. The van der Waals surface area contributed by atoms with Crippen molar-refractivity contribution in [3.8, 4) is 0 Å². The van der Waals surface area contributed by atoms with Crippen molar-refractivity contribution in [2.75, 3.05) is 13.1 Å². The maximum atomic E-state index is 5.68. The Hall–Kier alpha value is -1.68. The minimum Gasteiger partial charge on any atom is -0.297 e. The zero-order valence-corrected chi connectivity index (χ0v) is 12.9. The zero-order valence-electron chi connectivity index (χ0n) is 12.9. The highest BCUT2D eigenvalue weighted by atomic mass is 16.6. The molecule has 1 unspecified atom stereocenters. The number of hydrogen-bond acceptors (Lipinski definition) is 3. The summed E-state index contributed by atoms with van der Waals surface area (Å²) in [7, 11) is 0. The van der Waals surface area contributed by atoms with Crippen molar-refractivity contribution in [3.05, 3.63) is 71.8 Å². The van der Waals surface area contributed by atoms with Crippen LogP contribution in [-0.4, -0.2) is 24.0 Å². The summed E-state index contributed by atoms with van der Waals surface area (Å²) in [5.74, 6) is 0. The second-order valence-corrected chi connectivity index (χ2v) is 5.95. The standard InChI is InChI=1S/C19H24N2O/c1-3-8-17(9-4-1)14-21-13-7-12-19(15-21)20-22-16-18-10-5-2-6-11-18/h1-6,8-11,19-20H,7,12-16H2. The molecule has 0 aromatic heterocycles. The second-order valence-electron chi connectivity index (χ2n) is 5.95. The van der Waals surface area contributed by atoms with Crippen LogP contribution < -0.4 is 5.48 Å². The van der Waals surface area contributed by atoms with Gasteiger partial charge >= 0.3 is 0 Å². The minimum atomic E-state index is 0.418. The molecule has 0 aliphatic carbocycles. The molecule has 22 heavy (non-hydrogen) atoms. The first kappa shape index (κ1) is 15.2. The van der Waals surface area contributed by atoms with E-state index in [9.17, 15) is 0 Å². The van der Waals surface area contributed by atoms with Gasteiger partial charge in [-0.2, -0.15) is 5.48 Å². The topological polar surface area (TPSA) is 24.5 Å². The first-order valence-corrected chi connectivity index (χ1v) is 8.08. The quantitative estimate of drug-likeness (QED) is 0.827. The predicted molar refractivity (Wildman–Crippen MR) is 89.1 cm³/mol. The summed E-state index contributed by atoms with van der Waals surface area (Å²) in [4.78, 5) is 8.18. The van der Waals surface area contributed by atoms with Gasteiger partial charge in [-0.3, -0.25) is 9.74 Å². The molecule has 1 fully saturated rings. The smallest absolute Gasteiger partial charge is 0.0933 e. The molecule has 1 aliphatic rings. The maximum Gasteiger partial charge on any atom is 0.0933 e. The number of nitrogens with one attached hydrogen (secondary N) is 1. The third kappa shape index (κ3) is 4.67. The van der Waals surface area contributed by atoms with Crippen molar-refractivity contribution in [1.82, 2.24) is 10.4 Å². The van der Waals surface area contributed by atoms with Gasteiger partial charge in [0.25, 0.3) is 0 Å². The van der Waals surface area contributed by atoms with Gasteiger partial charge in [0.15, 0.2) is 0 Å². The Morgan fingerprint density at radius 3 is 2.36 bits per heavy atom. The summed E-state index contributed by atoms with van der Waals surface area (Å²) >= 11 is 0. The molecule has 0 amide bonds. The lowest BCUT2D eigenvalue weighted by Gasteiger charge is -2.32.